The topological polar surface area (TPSA) is 32.3 Å². The minimum absolute atomic E-state index is 0.118. The highest BCUT2D eigenvalue weighted by molar-refractivity contribution is 5.91. The molecule has 1 spiro atoms. The lowest BCUT2D eigenvalue weighted by Crippen LogP contribution is -2.38. The zero-order chi connectivity index (χ0) is 12.6. The van der Waals surface area contributed by atoms with Crippen LogP contribution < -0.4 is 5.32 Å². The third-order valence-corrected chi connectivity index (χ3v) is 5.13. The van der Waals surface area contributed by atoms with Crippen LogP contribution in [0.5, 0.6) is 0 Å². The van der Waals surface area contributed by atoms with Crippen LogP contribution in [0.2, 0.25) is 0 Å². The fraction of sp³-hybridized carbons (Fsp3) is 0.933. The maximum Gasteiger partial charge on any atom is 0.244 e. The number of rotatable bonds is 4. The highest BCUT2D eigenvalue weighted by Crippen LogP contribution is 2.42. The standard InChI is InChI=1S/C15H26N2O/c1-2-13-16-15(9-10-15)14(18)17(13)11-8-12-6-4-3-5-7-12/h12-13,16H,2-11H2,1H3. The summed E-state index contributed by atoms with van der Waals surface area (Å²) >= 11 is 0. The highest BCUT2D eigenvalue weighted by atomic mass is 16.2. The summed E-state index contributed by atoms with van der Waals surface area (Å²) in [7, 11) is 0. The number of carbonyl (C=O) groups excluding carboxylic acids is 1. The Bertz CT molecular complexity index is 318. The summed E-state index contributed by atoms with van der Waals surface area (Å²) in [6.45, 7) is 3.16. The summed E-state index contributed by atoms with van der Waals surface area (Å²) in [5, 5.41) is 3.55. The van der Waals surface area contributed by atoms with E-state index in [4.69, 9.17) is 0 Å². The Balaban J connectivity index is 1.55. The van der Waals surface area contributed by atoms with Gasteiger partial charge in [0.2, 0.25) is 5.91 Å². The van der Waals surface area contributed by atoms with Crippen molar-refractivity contribution < 1.29 is 4.79 Å². The molecular weight excluding hydrogens is 224 g/mol. The SMILES string of the molecule is CCC1NC2(CC2)C(=O)N1CCC1CCCCC1. The van der Waals surface area contributed by atoms with E-state index in [1.165, 1.54) is 38.5 Å². The molecule has 1 aliphatic heterocycles. The Morgan fingerprint density at radius 3 is 2.61 bits per heavy atom. The van der Waals surface area contributed by atoms with Gasteiger partial charge in [-0.3, -0.25) is 10.1 Å². The molecule has 0 aromatic rings. The van der Waals surface area contributed by atoms with Gasteiger partial charge in [0.25, 0.3) is 0 Å². The van der Waals surface area contributed by atoms with E-state index in [-0.39, 0.29) is 5.54 Å². The Kier molecular flexibility index (Phi) is 3.35. The Morgan fingerprint density at radius 2 is 2.00 bits per heavy atom. The van der Waals surface area contributed by atoms with Crippen molar-refractivity contribution >= 4 is 5.91 Å². The fourth-order valence-corrected chi connectivity index (χ4v) is 3.74. The van der Waals surface area contributed by atoms with Gasteiger partial charge in [-0.15, -0.1) is 0 Å². The largest absolute Gasteiger partial charge is 0.326 e. The normalized spacial score (nSPS) is 31.3. The highest BCUT2D eigenvalue weighted by Gasteiger charge is 2.58. The molecule has 1 unspecified atom stereocenters. The minimum atomic E-state index is -0.118. The van der Waals surface area contributed by atoms with Gasteiger partial charge >= 0.3 is 0 Å². The van der Waals surface area contributed by atoms with Crippen LogP contribution in [0.15, 0.2) is 0 Å². The van der Waals surface area contributed by atoms with E-state index in [2.05, 4.69) is 17.1 Å². The van der Waals surface area contributed by atoms with Crippen LogP contribution in [0.1, 0.15) is 64.7 Å². The second-order valence-corrected chi connectivity index (χ2v) is 6.44. The smallest absolute Gasteiger partial charge is 0.244 e. The van der Waals surface area contributed by atoms with Gasteiger partial charge < -0.3 is 4.90 Å². The molecule has 1 heterocycles. The molecule has 1 atom stereocenters. The van der Waals surface area contributed by atoms with Gasteiger partial charge in [-0.1, -0.05) is 39.0 Å². The molecular formula is C15H26N2O. The van der Waals surface area contributed by atoms with Crippen molar-refractivity contribution in [1.29, 1.82) is 0 Å². The molecule has 102 valence electrons. The van der Waals surface area contributed by atoms with E-state index < -0.39 is 0 Å². The van der Waals surface area contributed by atoms with Crippen LogP contribution in [0.25, 0.3) is 0 Å². The second kappa shape index (κ2) is 4.84. The predicted molar refractivity (Wildman–Crippen MR) is 72.1 cm³/mol. The first kappa shape index (κ1) is 12.5. The molecule has 0 bridgehead atoms. The van der Waals surface area contributed by atoms with Crippen LogP contribution in [-0.2, 0) is 4.79 Å². The molecule has 1 amide bonds. The molecule has 3 rings (SSSR count). The molecule has 18 heavy (non-hydrogen) atoms. The van der Waals surface area contributed by atoms with Crippen molar-refractivity contribution in [2.24, 2.45) is 5.92 Å². The Morgan fingerprint density at radius 1 is 1.28 bits per heavy atom. The molecule has 0 aromatic heterocycles. The summed E-state index contributed by atoms with van der Waals surface area (Å²) in [6.07, 6.45) is 11.7. The quantitative estimate of drug-likeness (QED) is 0.832. The summed E-state index contributed by atoms with van der Waals surface area (Å²) in [5.41, 5.74) is -0.118. The molecule has 3 heteroatoms. The Hall–Kier alpha value is -0.570. The van der Waals surface area contributed by atoms with Crippen molar-refractivity contribution in [3.63, 3.8) is 0 Å². The maximum atomic E-state index is 12.4. The minimum Gasteiger partial charge on any atom is -0.326 e. The monoisotopic (exact) mass is 250 g/mol. The molecule has 0 aromatic carbocycles. The van der Waals surface area contributed by atoms with Gasteiger partial charge in [0.15, 0.2) is 0 Å². The van der Waals surface area contributed by atoms with Crippen LogP contribution in [-0.4, -0.2) is 29.1 Å². The van der Waals surface area contributed by atoms with Gasteiger partial charge in [-0.2, -0.15) is 0 Å². The van der Waals surface area contributed by atoms with Crippen molar-refractivity contribution in [1.82, 2.24) is 10.2 Å². The molecule has 3 fully saturated rings. The molecule has 3 aliphatic rings. The van der Waals surface area contributed by atoms with Crippen LogP contribution >= 0.6 is 0 Å². The van der Waals surface area contributed by atoms with E-state index in [1.807, 2.05) is 0 Å². The zero-order valence-electron chi connectivity index (χ0n) is 11.6. The average molecular weight is 250 g/mol. The number of hydrogen-bond donors (Lipinski definition) is 1. The lowest BCUT2D eigenvalue weighted by molar-refractivity contribution is -0.131. The number of nitrogens with one attached hydrogen (secondary N) is 1. The molecule has 2 saturated carbocycles. The van der Waals surface area contributed by atoms with Crippen molar-refractivity contribution in [3.05, 3.63) is 0 Å². The average Bonchev–Trinajstić information content (AvgIpc) is 3.13. The predicted octanol–water partition coefficient (Wildman–Crippen LogP) is 2.66. The Labute approximate surface area is 110 Å². The van der Waals surface area contributed by atoms with E-state index in [9.17, 15) is 4.79 Å². The number of carbonyl (C=O) groups is 1. The number of amides is 1. The second-order valence-electron chi connectivity index (χ2n) is 6.44. The lowest BCUT2D eigenvalue weighted by atomic mass is 9.87. The first-order chi connectivity index (χ1) is 8.75. The number of nitrogens with zero attached hydrogens (tertiary/aromatic N) is 1. The van der Waals surface area contributed by atoms with Gasteiger partial charge in [0.05, 0.1) is 11.7 Å². The first-order valence-corrected chi connectivity index (χ1v) is 7.84. The molecule has 0 radical (unpaired) electrons. The number of hydrogen-bond acceptors (Lipinski definition) is 2. The van der Waals surface area contributed by atoms with Gasteiger partial charge in [-0.25, -0.2) is 0 Å². The van der Waals surface area contributed by atoms with E-state index in [1.54, 1.807) is 0 Å². The van der Waals surface area contributed by atoms with Gasteiger partial charge in [0, 0.05) is 6.54 Å². The summed E-state index contributed by atoms with van der Waals surface area (Å²) in [6, 6.07) is 0. The third-order valence-electron chi connectivity index (χ3n) is 5.13. The lowest BCUT2D eigenvalue weighted by Gasteiger charge is -2.27. The van der Waals surface area contributed by atoms with Crippen molar-refractivity contribution in [2.45, 2.75) is 76.4 Å². The van der Waals surface area contributed by atoms with E-state index in [0.717, 1.165) is 31.7 Å². The summed E-state index contributed by atoms with van der Waals surface area (Å²) in [4.78, 5) is 14.5. The summed E-state index contributed by atoms with van der Waals surface area (Å²) < 4.78 is 0. The first-order valence-electron chi connectivity index (χ1n) is 7.84. The van der Waals surface area contributed by atoms with Crippen molar-refractivity contribution in [2.75, 3.05) is 6.54 Å². The zero-order valence-corrected chi connectivity index (χ0v) is 11.6. The maximum absolute atomic E-state index is 12.4. The summed E-state index contributed by atoms with van der Waals surface area (Å²) in [5.74, 6) is 1.27. The molecule has 1 N–H and O–H groups in total. The van der Waals surface area contributed by atoms with Crippen LogP contribution in [0.3, 0.4) is 0 Å². The molecule has 1 saturated heterocycles. The third kappa shape index (κ3) is 2.18. The van der Waals surface area contributed by atoms with Gasteiger partial charge in [0.1, 0.15) is 0 Å². The van der Waals surface area contributed by atoms with Crippen LogP contribution in [0.4, 0.5) is 0 Å². The molecule has 3 nitrogen and oxygen atoms in total. The molecule has 2 aliphatic carbocycles. The van der Waals surface area contributed by atoms with Crippen molar-refractivity contribution in [3.8, 4) is 0 Å². The van der Waals surface area contributed by atoms with E-state index >= 15 is 0 Å². The van der Waals surface area contributed by atoms with E-state index in [0.29, 0.717) is 12.1 Å². The van der Waals surface area contributed by atoms with Gasteiger partial charge in [-0.05, 0) is 31.6 Å². The van der Waals surface area contributed by atoms with Crippen LogP contribution in [0, 0.1) is 5.92 Å². The fourth-order valence-electron chi connectivity index (χ4n) is 3.74.